The third kappa shape index (κ3) is 5.22. The first-order valence-electron chi connectivity index (χ1n) is 12.3. The fraction of sp³-hybridized carbons (Fsp3) is 0.435. The summed E-state index contributed by atoms with van der Waals surface area (Å²) in [5, 5.41) is 0. The molecule has 1 aliphatic rings. The number of nitrogens with zero attached hydrogens (tertiary/aromatic N) is 2. The Bertz CT molecular complexity index is 1030. The molecule has 1 fully saturated rings. The van der Waals surface area contributed by atoms with E-state index in [-0.39, 0.29) is 17.2 Å². The Morgan fingerprint density at radius 1 is 1.04 bits per heavy atom. The molecule has 1 amide bonds. The second-order valence-corrected chi connectivity index (χ2v) is 8.82. The molecule has 0 bridgehead atoms. The van der Waals surface area contributed by atoms with Gasteiger partial charge in [-0.05, 0) is 58.2 Å². The highest BCUT2D eigenvalue weighted by atomic mass is 32.2. The molecule has 28 heavy (non-hydrogen) atoms. The lowest BCUT2D eigenvalue weighted by Crippen LogP contribution is -2.50. The second kappa shape index (κ2) is 8.48. The van der Waals surface area contributed by atoms with Crippen molar-refractivity contribution in [1.82, 2.24) is 4.90 Å². The fourth-order valence-electron chi connectivity index (χ4n) is 3.00. The minimum absolute atomic E-state index is 0.00882. The van der Waals surface area contributed by atoms with Gasteiger partial charge >= 0.3 is 6.09 Å². The number of aryl methyl sites for hydroxylation is 2. The van der Waals surface area contributed by atoms with Crippen LogP contribution in [0.2, 0.25) is 0 Å². The molecule has 1 saturated heterocycles. The monoisotopic (exact) mass is 404 g/mol. The van der Waals surface area contributed by atoms with E-state index in [0.29, 0.717) is 31.1 Å². The number of ether oxygens (including phenoxy) is 1. The molecule has 0 N–H and O–H groups in total. The van der Waals surface area contributed by atoms with Crippen molar-refractivity contribution in [3.63, 3.8) is 0 Å². The van der Waals surface area contributed by atoms with Crippen molar-refractivity contribution in [1.29, 1.82) is 0 Å². The summed E-state index contributed by atoms with van der Waals surface area (Å²) in [4.78, 5) is 17.6. The van der Waals surface area contributed by atoms with E-state index in [0.717, 1.165) is 10.6 Å². The van der Waals surface area contributed by atoms with Crippen molar-refractivity contribution >= 4 is 23.5 Å². The normalized spacial score (nSPS) is 19.0. The highest BCUT2D eigenvalue weighted by Gasteiger charge is 2.26. The van der Waals surface area contributed by atoms with E-state index in [1.807, 2.05) is 45.0 Å². The number of rotatable bonds is 3. The van der Waals surface area contributed by atoms with Crippen LogP contribution in [0.1, 0.15) is 40.1 Å². The van der Waals surface area contributed by atoms with Crippen LogP contribution >= 0.6 is 11.8 Å². The van der Waals surface area contributed by atoms with Crippen molar-refractivity contribution in [2.45, 2.75) is 49.9 Å². The smallest absolute Gasteiger partial charge is 0.410 e. The lowest BCUT2D eigenvalue weighted by atomic mass is 10.2. The molecule has 0 saturated carbocycles. The molecule has 1 aliphatic heterocycles. The molecule has 150 valence electrons. The summed E-state index contributed by atoms with van der Waals surface area (Å²) >= 11 is 1.31. The van der Waals surface area contributed by atoms with Gasteiger partial charge in [0.25, 0.3) is 0 Å². The van der Waals surface area contributed by atoms with Crippen molar-refractivity contribution in [3.05, 3.63) is 53.6 Å². The SMILES string of the molecule is [2H]C([2H])([2H])c1ccc(Sc2ccccc2N2CCN(C(=O)OC(C)(C)C)CC2)c(C([2H])([2H])[2H])c1. The number of benzene rings is 2. The summed E-state index contributed by atoms with van der Waals surface area (Å²) in [7, 11) is 0. The molecular formula is C23H30N2O2S. The third-order valence-corrected chi connectivity index (χ3v) is 5.48. The van der Waals surface area contributed by atoms with Crippen molar-refractivity contribution in [3.8, 4) is 0 Å². The number of hydrogen-bond donors (Lipinski definition) is 0. The first kappa shape index (κ1) is 13.9. The molecule has 0 aromatic heterocycles. The van der Waals surface area contributed by atoms with Gasteiger partial charge in [-0.1, -0.05) is 41.6 Å². The van der Waals surface area contributed by atoms with Crippen LogP contribution in [0.3, 0.4) is 0 Å². The number of anilines is 1. The first-order chi connectivity index (χ1) is 15.6. The van der Waals surface area contributed by atoms with Crippen LogP contribution in [-0.2, 0) is 4.74 Å². The summed E-state index contributed by atoms with van der Waals surface area (Å²) < 4.78 is 52.1. The van der Waals surface area contributed by atoms with Gasteiger partial charge in [-0.15, -0.1) is 0 Å². The van der Waals surface area contributed by atoms with E-state index < -0.39 is 19.3 Å². The van der Waals surface area contributed by atoms with Gasteiger partial charge < -0.3 is 14.5 Å². The zero-order valence-corrected chi connectivity index (χ0v) is 17.3. The van der Waals surface area contributed by atoms with Crippen molar-refractivity contribution in [2.24, 2.45) is 0 Å². The van der Waals surface area contributed by atoms with Gasteiger partial charge in [0, 0.05) is 44.2 Å². The standard InChI is InChI=1S/C23H30N2O2S/c1-17-10-11-20(18(2)16-17)28-21-9-7-6-8-19(21)24-12-14-25(15-13-24)22(26)27-23(3,4)5/h6-11,16H,12-15H2,1-5H3/i1D3,2D3. The largest absolute Gasteiger partial charge is 0.444 e. The van der Waals surface area contributed by atoms with E-state index in [1.165, 1.54) is 23.9 Å². The minimum Gasteiger partial charge on any atom is -0.444 e. The van der Waals surface area contributed by atoms with Gasteiger partial charge in [0.15, 0.2) is 0 Å². The first-order valence-corrected chi connectivity index (χ1v) is 10.1. The van der Waals surface area contributed by atoms with Gasteiger partial charge in [0.2, 0.25) is 0 Å². The Balaban J connectivity index is 1.82. The van der Waals surface area contributed by atoms with Gasteiger partial charge in [-0.2, -0.15) is 0 Å². The van der Waals surface area contributed by atoms with Gasteiger partial charge in [-0.3, -0.25) is 0 Å². The average molecular weight is 405 g/mol. The topological polar surface area (TPSA) is 32.8 Å². The molecule has 0 atom stereocenters. The number of amides is 1. The molecule has 0 radical (unpaired) electrons. The van der Waals surface area contributed by atoms with Crippen LogP contribution in [0.5, 0.6) is 0 Å². The molecule has 1 heterocycles. The lowest BCUT2D eigenvalue weighted by molar-refractivity contribution is 0.0240. The molecule has 0 unspecified atom stereocenters. The predicted molar refractivity (Wildman–Crippen MR) is 117 cm³/mol. The molecule has 2 aromatic rings. The molecular weight excluding hydrogens is 368 g/mol. The zero-order chi connectivity index (χ0) is 25.3. The van der Waals surface area contributed by atoms with Crippen LogP contribution in [-0.4, -0.2) is 42.8 Å². The van der Waals surface area contributed by atoms with E-state index >= 15 is 0 Å². The number of carbonyl (C=O) groups excluding carboxylic acids is 1. The Morgan fingerprint density at radius 2 is 1.79 bits per heavy atom. The van der Waals surface area contributed by atoms with Crippen molar-refractivity contribution in [2.75, 3.05) is 31.1 Å². The Morgan fingerprint density at radius 3 is 2.46 bits per heavy atom. The quantitative estimate of drug-likeness (QED) is 0.675. The van der Waals surface area contributed by atoms with Gasteiger partial charge in [0.1, 0.15) is 5.60 Å². The second-order valence-electron chi connectivity index (χ2n) is 7.74. The number of carbonyl (C=O) groups is 1. The molecule has 2 aromatic carbocycles. The molecule has 3 rings (SSSR count). The maximum Gasteiger partial charge on any atom is 0.410 e. The van der Waals surface area contributed by atoms with Crippen LogP contribution in [0, 0.1) is 13.7 Å². The van der Waals surface area contributed by atoms with Crippen LogP contribution in [0.4, 0.5) is 10.5 Å². The maximum atomic E-state index is 12.4. The summed E-state index contributed by atoms with van der Waals surface area (Å²) in [5.74, 6) is 0. The molecule has 0 aliphatic carbocycles. The van der Waals surface area contributed by atoms with E-state index in [1.54, 1.807) is 11.0 Å². The lowest BCUT2D eigenvalue weighted by Gasteiger charge is -2.37. The maximum absolute atomic E-state index is 12.4. The Labute approximate surface area is 181 Å². The number of para-hydroxylation sites is 1. The number of piperazine rings is 1. The van der Waals surface area contributed by atoms with Gasteiger partial charge in [0.05, 0.1) is 5.69 Å². The van der Waals surface area contributed by atoms with Crippen LogP contribution < -0.4 is 4.90 Å². The predicted octanol–water partition coefficient (Wildman–Crippen LogP) is 5.51. The molecule has 0 spiro atoms. The van der Waals surface area contributed by atoms with Gasteiger partial charge in [-0.25, -0.2) is 4.79 Å². The van der Waals surface area contributed by atoms with E-state index in [4.69, 9.17) is 13.0 Å². The average Bonchev–Trinajstić information content (AvgIpc) is 2.72. The molecule has 4 nitrogen and oxygen atoms in total. The highest BCUT2D eigenvalue weighted by molar-refractivity contribution is 7.99. The summed E-state index contributed by atoms with van der Waals surface area (Å²) in [6, 6.07) is 12.0. The Hall–Kier alpha value is -2.14. The number of hydrogen-bond acceptors (Lipinski definition) is 4. The third-order valence-electron chi connectivity index (χ3n) is 4.34. The molecule has 5 heteroatoms. The van der Waals surface area contributed by atoms with Crippen LogP contribution in [0.15, 0.2) is 52.3 Å². The zero-order valence-electron chi connectivity index (χ0n) is 22.5. The summed E-state index contributed by atoms with van der Waals surface area (Å²) in [6.45, 7) is 2.95. The fourth-order valence-corrected chi connectivity index (χ4v) is 3.99. The summed E-state index contributed by atoms with van der Waals surface area (Å²) in [5.41, 5.74) is 0.422. The summed E-state index contributed by atoms with van der Waals surface area (Å²) in [6.07, 6.45) is -0.327. The Kier molecular flexibility index (Phi) is 4.22. The minimum atomic E-state index is -2.45. The van der Waals surface area contributed by atoms with Crippen molar-refractivity contribution < 1.29 is 17.8 Å². The van der Waals surface area contributed by atoms with E-state index in [9.17, 15) is 4.79 Å². The highest BCUT2D eigenvalue weighted by Crippen LogP contribution is 2.37. The van der Waals surface area contributed by atoms with E-state index in [2.05, 4.69) is 4.90 Å². The van der Waals surface area contributed by atoms with Crippen LogP contribution in [0.25, 0.3) is 0 Å².